The van der Waals surface area contributed by atoms with Crippen LogP contribution in [0.15, 0.2) is 5.16 Å². The van der Waals surface area contributed by atoms with E-state index in [1.165, 1.54) is 0 Å². The molecule has 0 aromatic heterocycles. The molecule has 4 nitrogen and oxygen atoms in total. The molecule has 6 heteroatoms. The Morgan fingerprint density at radius 3 is 2.47 bits per heavy atom. The molecule has 0 amide bonds. The van der Waals surface area contributed by atoms with Crippen molar-refractivity contribution in [3.63, 3.8) is 0 Å². The van der Waals surface area contributed by atoms with Crippen LogP contribution in [0.1, 0.15) is 33.1 Å². The predicted molar refractivity (Wildman–Crippen MR) is 64.5 cm³/mol. The Morgan fingerprint density at radius 1 is 1.41 bits per heavy atom. The topological polar surface area (TPSA) is 61.8 Å². The highest BCUT2D eigenvalue weighted by atomic mass is 19.3. The zero-order valence-corrected chi connectivity index (χ0v) is 10.8. The first-order valence-electron chi connectivity index (χ1n) is 5.74. The van der Waals surface area contributed by atoms with E-state index < -0.39 is 6.43 Å². The number of unbranched alkanes of at least 4 members (excludes halogenated alkanes) is 1. The zero-order valence-electron chi connectivity index (χ0n) is 10.8. The van der Waals surface area contributed by atoms with Crippen molar-refractivity contribution in [3.8, 4) is 0 Å². The quantitative estimate of drug-likeness (QED) is 0.228. The minimum atomic E-state index is -2.28. The lowest BCUT2D eigenvalue weighted by Crippen LogP contribution is -2.32. The summed E-state index contributed by atoms with van der Waals surface area (Å²) in [5.41, 5.74) is 5.20. The van der Waals surface area contributed by atoms with E-state index in [2.05, 4.69) is 5.16 Å². The van der Waals surface area contributed by atoms with E-state index in [4.69, 9.17) is 10.9 Å². The zero-order chi connectivity index (χ0) is 13.5. The van der Waals surface area contributed by atoms with Crippen LogP contribution in [0.2, 0.25) is 0 Å². The Bertz CT molecular complexity index is 245. The summed E-state index contributed by atoms with van der Waals surface area (Å²) in [7, 11) is 1.68. The third-order valence-electron chi connectivity index (χ3n) is 2.84. The lowest BCUT2D eigenvalue weighted by Gasteiger charge is -2.23. The minimum absolute atomic E-state index is 0.191. The molecule has 0 rings (SSSR count). The van der Waals surface area contributed by atoms with Crippen LogP contribution in [-0.2, 0) is 0 Å². The number of nitrogens with zero attached hydrogens (tertiary/aromatic N) is 2. The van der Waals surface area contributed by atoms with Crippen LogP contribution in [0, 0.1) is 5.41 Å². The summed E-state index contributed by atoms with van der Waals surface area (Å²) in [5.74, 6) is 0.207. The van der Waals surface area contributed by atoms with Crippen molar-refractivity contribution in [2.45, 2.75) is 39.5 Å². The first-order valence-corrected chi connectivity index (χ1v) is 5.74. The third kappa shape index (κ3) is 7.10. The van der Waals surface area contributed by atoms with Gasteiger partial charge in [-0.3, -0.25) is 0 Å². The Kier molecular flexibility index (Phi) is 7.03. The van der Waals surface area contributed by atoms with Gasteiger partial charge in [-0.15, -0.1) is 0 Å². The molecule has 102 valence electrons. The van der Waals surface area contributed by atoms with Gasteiger partial charge in [0, 0.05) is 5.41 Å². The van der Waals surface area contributed by atoms with Crippen molar-refractivity contribution in [2.24, 2.45) is 16.3 Å². The van der Waals surface area contributed by atoms with Crippen molar-refractivity contribution in [2.75, 3.05) is 20.1 Å². The van der Waals surface area contributed by atoms with E-state index in [0.717, 1.165) is 19.3 Å². The van der Waals surface area contributed by atoms with Gasteiger partial charge in [-0.05, 0) is 26.4 Å². The Hall–Kier alpha value is -0.910. The maximum absolute atomic E-state index is 12.0. The molecule has 17 heavy (non-hydrogen) atoms. The molecule has 3 N–H and O–H groups in total. The van der Waals surface area contributed by atoms with Crippen LogP contribution < -0.4 is 5.73 Å². The van der Waals surface area contributed by atoms with E-state index in [-0.39, 0.29) is 17.8 Å². The van der Waals surface area contributed by atoms with Gasteiger partial charge in [-0.1, -0.05) is 25.4 Å². The molecule has 0 aliphatic heterocycles. The summed E-state index contributed by atoms with van der Waals surface area (Å²) in [6, 6.07) is 0. The molecule has 0 unspecified atom stereocenters. The van der Waals surface area contributed by atoms with Crippen LogP contribution in [0.4, 0.5) is 8.78 Å². The first-order chi connectivity index (χ1) is 7.79. The molecule has 0 atom stereocenters. The molecule has 0 radical (unpaired) electrons. The van der Waals surface area contributed by atoms with Crippen LogP contribution in [0.5, 0.6) is 0 Å². The first kappa shape index (κ1) is 16.1. The molecule has 0 saturated heterocycles. The van der Waals surface area contributed by atoms with E-state index >= 15 is 0 Å². The molecule has 0 aromatic rings. The second kappa shape index (κ2) is 7.42. The molecule has 0 spiro atoms. The van der Waals surface area contributed by atoms with Gasteiger partial charge >= 0.3 is 0 Å². The summed E-state index contributed by atoms with van der Waals surface area (Å²) in [6.45, 7) is 4.23. The monoisotopic (exact) mass is 251 g/mol. The summed E-state index contributed by atoms with van der Waals surface area (Å²) in [4.78, 5) is 1.61. The van der Waals surface area contributed by atoms with E-state index in [9.17, 15) is 8.78 Å². The average Bonchev–Trinajstić information content (AvgIpc) is 2.22. The van der Waals surface area contributed by atoms with Gasteiger partial charge in [0.1, 0.15) is 5.84 Å². The number of oxime groups is 1. The van der Waals surface area contributed by atoms with Crippen molar-refractivity contribution in [3.05, 3.63) is 0 Å². The number of rotatable bonds is 8. The van der Waals surface area contributed by atoms with Crippen molar-refractivity contribution >= 4 is 5.84 Å². The van der Waals surface area contributed by atoms with Gasteiger partial charge in [0.2, 0.25) is 0 Å². The molecule has 0 aliphatic carbocycles. The van der Waals surface area contributed by atoms with Crippen molar-refractivity contribution in [1.82, 2.24) is 4.90 Å². The van der Waals surface area contributed by atoms with Crippen LogP contribution >= 0.6 is 0 Å². The SMILES string of the molecule is CN(CCCCC(C)(C)C(N)=NO)CC(F)F. The molecule has 0 saturated carbocycles. The van der Waals surface area contributed by atoms with Gasteiger partial charge in [0.25, 0.3) is 6.43 Å². The smallest absolute Gasteiger partial charge is 0.251 e. The van der Waals surface area contributed by atoms with Gasteiger partial charge in [0.05, 0.1) is 6.54 Å². The summed E-state index contributed by atoms with van der Waals surface area (Å²) in [5, 5.41) is 11.6. The largest absolute Gasteiger partial charge is 0.409 e. The lowest BCUT2D eigenvalue weighted by atomic mass is 9.86. The standard InChI is InChI=1S/C11H23F2N3O/c1-11(2,10(14)15-17)6-4-5-7-16(3)8-9(12)13/h9,17H,4-8H2,1-3H3,(H2,14,15). The third-order valence-corrected chi connectivity index (χ3v) is 2.84. The second-order valence-corrected chi connectivity index (χ2v) is 4.98. The Balaban J connectivity index is 3.78. The molecule has 0 aromatic carbocycles. The minimum Gasteiger partial charge on any atom is -0.409 e. The average molecular weight is 251 g/mol. The number of hydrogen-bond acceptors (Lipinski definition) is 3. The lowest BCUT2D eigenvalue weighted by molar-refractivity contribution is 0.0993. The van der Waals surface area contributed by atoms with Crippen LogP contribution in [0.3, 0.4) is 0 Å². The van der Waals surface area contributed by atoms with Crippen LogP contribution in [-0.4, -0.2) is 42.5 Å². The van der Waals surface area contributed by atoms with Crippen molar-refractivity contribution < 1.29 is 14.0 Å². The molecular formula is C11H23F2N3O. The van der Waals surface area contributed by atoms with E-state index in [1.807, 2.05) is 13.8 Å². The highest BCUT2D eigenvalue weighted by molar-refractivity contribution is 5.85. The summed E-state index contributed by atoms with van der Waals surface area (Å²) >= 11 is 0. The summed E-state index contributed by atoms with van der Waals surface area (Å²) in [6.07, 6.45) is 0.168. The van der Waals surface area contributed by atoms with Gasteiger partial charge in [-0.25, -0.2) is 8.78 Å². The van der Waals surface area contributed by atoms with Gasteiger partial charge in [0.15, 0.2) is 0 Å². The normalized spacial score (nSPS) is 13.7. The fourth-order valence-electron chi connectivity index (χ4n) is 1.54. The highest BCUT2D eigenvalue weighted by Crippen LogP contribution is 2.23. The second-order valence-electron chi connectivity index (χ2n) is 4.98. The molecule has 0 fully saturated rings. The fourth-order valence-corrected chi connectivity index (χ4v) is 1.54. The molecule has 0 aliphatic rings. The highest BCUT2D eigenvalue weighted by Gasteiger charge is 2.22. The number of amidine groups is 1. The number of nitrogens with two attached hydrogens (primary N) is 1. The fraction of sp³-hybridized carbons (Fsp3) is 0.909. The summed E-state index contributed by atoms with van der Waals surface area (Å²) < 4.78 is 24.1. The Labute approximate surface area is 101 Å². The van der Waals surface area contributed by atoms with E-state index in [1.54, 1.807) is 11.9 Å². The van der Waals surface area contributed by atoms with Gasteiger partial charge < -0.3 is 15.8 Å². The van der Waals surface area contributed by atoms with Crippen molar-refractivity contribution in [1.29, 1.82) is 0 Å². The molecular weight excluding hydrogens is 228 g/mol. The van der Waals surface area contributed by atoms with Gasteiger partial charge in [-0.2, -0.15) is 0 Å². The Morgan fingerprint density at radius 2 is 2.00 bits per heavy atom. The van der Waals surface area contributed by atoms with E-state index in [0.29, 0.717) is 6.54 Å². The number of halogens is 2. The molecule has 0 heterocycles. The molecule has 0 bridgehead atoms. The maximum atomic E-state index is 12.0. The van der Waals surface area contributed by atoms with Crippen LogP contribution in [0.25, 0.3) is 0 Å². The number of hydrogen-bond donors (Lipinski definition) is 2. The number of alkyl halides is 2. The maximum Gasteiger partial charge on any atom is 0.251 e. The predicted octanol–water partition coefficient (Wildman–Crippen LogP) is 2.13.